The lowest BCUT2D eigenvalue weighted by Gasteiger charge is -2.20. The first kappa shape index (κ1) is 25.9. The number of unbranched alkanes of at least 4 members (excludes halogenated alkanes) is 2. The van der Waals surface area contributed by atoms with Gasteiger partial charge < -0.3 is 21.3 Å². The first-order valence-electron chi connectivity index (χ1n) is 11.0. The van der Waals surface area contributed by atoms with Gasteiger partial charge in [-0.05, 0) is 31.7 Å². The van der Waals surface area contributed by atoms with E-state index in [1.54, 1.807) is 24.3 Å². The zero-order valence-corrected chi connectivity index (χ0v) is 18.7. The van der Waals surface area contributed by atoms with E-state index in [1.165, 1.54) is 7.11 Å². The van der Waals surface area contributed by atoms with Gasteiger partial charge in [-0.3, -0.25) is 4.79 Å². The van der Waals surface area contributed by atoms with Gasteiger partial charge in [-0.2, -0.15) is 0 Å². The molecule has 0 spiro atoms. The van der Waals surface area contributed by atoms with Crippen LogP contribution in [0, 0.1) is 5.92 Å². The monoisotopic (exact) mass is 418 g/mol. The van der Waals surface area contributed by atoms with Crippen molar-refractivity contribution in [2.45, 2.75) is 71.3 Å². The Labute approximate surface area is 180 Å². The largest absolute Gasteiger partial charge is 0.496 e. The molecule has 0 bridgehead atoms. The van der Waals surface area contributed by atoms with Crippen molar-refractivity contribution in [3.8, 4) is 0 Å². The number of nitrogens with two attached hydrogens (primary N) is 2. The molecule has 5 N–H and O–H groups in total. The molecule has 1 rings (SSSR count). The van der Waals surface area contributed by atoms with Crippen LogP contribution in [0.5, 0.6) is 0 Å². The molecule has 0 saturated heterocycles. The molecule has 168 valence electrons. The van der Waals surface area contributed by atoms with E-state index in [9.17, 15) is 14.7 Å². The van der Waals surface area contributed by atoms with Crippen LogP contribution < -0.4 is 11.5 Å². The van der Waals surface area contributed by atoms with E-state index in [2.05, 4.69) is 13.8 Å². The van der Waals surface area contributed by atoms with Gasteiger partial charge in [0, 0.05) is 11.1 Å². The molecule has 6 heteroatoms. The second-order valence-corrected chi connectivity index (χ2v) is 7.74. The van der Waals surface area contributed by atoms with E-state index in [0.29, 0.717) is 30.5 Å². The van der Waals surface area contributed by atoms with Crippen molar-refractivity contribution in [3.63, 3.8) is 0 Å². The van der Waals surface area contributed by atoms with Gasteiger partial charge in [0.15, 0.2) is 5.78 Å². The van der Waals surface area contributed by atoms with Crippen molar-refractivity contribution in [1.82, 2.24) is 0 Å². The number of ketones is 1. The minimum Gasteiger partial charge on any atom is -0.496 e. The van der Waals surface area contributed by atoms with Gasteiger partial charge in [0.2, 0.25) is 0 Å². The molecular weight excluding hydrogens is 380 g/mol. The molecule has 1 unspecified atom stereocenters. The quantitative estimate of drug-likeness (QED) is 0.168. The van der Waals surface area contributed by atoms with Crippen molar-refractivity contribution in [2.75, 3.05) is 13.7 Å². The van der Waals surface area contributed by atoms with Crippen LogP contribution in [0.25, 0.3) is 5.76 Å². The zero-order valence-electron chi connectivity index (χ0n) is 18.7. The molecular formula is C24H38N2O4. The number of rotatable bonds is 15. The molecule has 0 aliphatic carbocycles. The predicted molar refractivity (Wildman–Crippen MR) is 121 cm³/mol. The van der Waals surface area contributed by atoms with Crippen LogP contribution in [0.1, 0.15) is 81.1 Å². The minimum absolute atomic E-state index is 0.206. The summed E-state index contributed by atoms with van der Waals surface area (Å²) in [5.41, 5.74) is 12.7. The zero-order chi connectivity index (χ0) is 22.5. The third-order valence-electron chi connectivity index (χ3n) is 5.52. The Morgan fingerprint density at radius 2 is 1.73 bits per heavy atom. The molecule has 0 saturated carbocycles. The molecule has 0 aromatic heterocycles. The first-order valence-corrected chi connectivity index (χ1v) is 11.0. The Kier molecular flexibility index (Phi) is 12.0. The molecule has 1 aromatic rings. The Hall–Kier alpha value is -2.18. The number of carbonyl (C=O) groups is 2. The molecule has 2 atom stereocenters. The van der Waals surface area contributed by atoms with Crippen LogP contribution in [0.15, 0.2) is 29.8 Å². The summed E-state index contributed by atoms with van der Waals surface area (Å²) in [7, 11) is 1.45. The van der Waals surface area contributed by atoms with Crippen molar-refractivity contribution < 1.29 is 19.4 Å². The third kappa shape index (κ3) is 7.58. The van der Waals surface area contributed by atoms with Gasteiger partial charge in [-0.1, -0.05) is 70.2 Å². The topological polar surface area (TPSA) is 116 Å². The van der Waals surface area contributed by atoms with Gasteiger partial charge in [0.05, 0.1) is 18.7 Å². The Morgan fingerprint density at radius 1 is 1.07 bits per heavy atom. The summed E-state index contributed by atoms with van der Waals surface area (Å²) in [5.74, 6) is -0.727. The van der Waals surface area contributed by atoms with Gasteiger partial charge in [-0.25, -0.2) is 4.79 Å². The summed E-state index contributed by atoms with van der Waals surface area (Å²) in [6.07, 6.45) is 6.50. The lowest BCUT2D eigenvalue weighted by molar-refractivity contribution is -0.133. The Bertz CT molecular complexity index is 715. The summed E-state index contributed by atoms with van der Waals surface area (Å²) < 4.78 is 5.57. The summed E-state index contributed by atoms with van der Waals surface area (Å²) in [4.78, 5) is 25.1. The molecule has 0 aliphatic rings. The molecule has 0 heterocycles. The van der Waals surface area contributed by atoms with E-state index in [4.69, 9.17) is 16.2 Å². The van der Waals surface area contributed by atoms with Crippen LogP contribution >= 0.6 is 0 Å². The number of benzene rings is 1. The van der Waals surface area contributed by atoms with Crippen molar-refractivity contribution in [1.29, 1.82) is 0 Å². The van der Waals surface area contributed by atoms with Gasteiger partial charge in [-0.15, -0.1) is 0 Å². The number of hydrogen-bond donors (Lipinski definition) is 3. The van der Waals surface area contributed by atoms with Crippen LogP contribution in [0.3, 0.4) is 0 Å². The number of carboxylic acid groups (broad SMARTS) is 1. The lowest BCUT2D eigenvalue weighted by atomic mass is 9.88. The number of methoxy groups -OCH3 is 1. The van der Waals surface area contributed by atoms with Crippen molar-refractivity contribution in [2.24, 2.45) is 17.4 Å². The number of carbonyl (C=O) groups excluding carboxylic acids is 1. The number of aliphatic carboxylic acids is 1. The van der Waals surface area contributed by atoms with E-state index in [-0.39, 0.29) is 23.0 Å². The van der Waals surface area contributed by atoms with Gasteiger partial charge in [0.1, 0.15) is 5.76 Å². The fourth-order valence-electron chi connectivity index (χ4n) is 3.64. The van der Waals surface area contributed by atoms with Crippen molar-refractivity contribution >= 4 is 17.5 Å². The fourth-order valence-corrected chi connectivity index (χ4v) is 3.64. The van der Waals surface area contributed by atoms with Crippen LogP contribution in [-0.4, -0.2) is 36.6 Å². The van der Waals surface area contributed by atoms with Crippen LogP contribution in [0.4, 0.5) is 0 Å². The summed E-state index contributed by atoms with van der Waals surface area (Å²) in [6.45, 7) is 4.76. The fraction of sp³-hybridized carbons (Fsp3) is 0.583. The van der Waals surface area contributed by atoms with E-state index in [0.717, 1.165) is 38.5 Å². The number of hydrogen-bond acceptors (Lipinski definition) is 5. The molecule has 6 nitrogen and oxygen atoms in total. The van der Waals surface area contributed by atoms with E-state index >= 15 is 0 Å². The molecule has 0 aliphatic heterocycles. The average molecular weight is 419 g/mol. The maximum absolute atomic E-state index is 13.0. The molecule has 0 amide bonds. The van der Waals surface area contributed by atoms with Crippen LogP contribution in [0.2, 0.25) is 0 Å². The maximum atomic E-state index is 13.0. The number of ether oxygens (including phenoxy) is 1. The average Bonchev–Trinajstić information content (AvgIpc) is 2.75. The highest BCUT2D eigenvalue weighted by molar-refractivity contribution is 6.05. The highest BCUT2D eigenvalue weighted by atomic mass is 16.5. The van der Waals surface area contributed by atoms with E-state index < -0.39 is 12.0 Å². The first-order chi connectivity index (χ1) is 14.4. The Morgan fingerprint density at radius 3 is 2.27 bits per heavy atom. The highest BCUT2D eigenvalue weighted by Gasteiger charge is 2.25. The second-order valence-electron chi connectivity index (χ2n) is 7.74. The molecule has 1 aromatic carbocycles. The van der Waals surface area contributed by atoms with Crippen molar-refractivity contribution in [3.05, 3.63) is 41.0 Å². The van der Waals surface area contributed by atoms with Gasteiger partial charge >= 0.3 is 5.97 Å². The molecule has 30 heavy (non-hydrogen) atoms. The number of Topliss-reactive ketones (excluding diaryl/α,β-unsaturated/α-hetero) is 1. The van der Waals surface area contributed by atoms with E-state index in [1.807, 2.05) is 0 Å². The number of carboxylic acids is 1. The smallest absolute Gasteiger partial charge is 0.335 e. The standard InChI is InChI=1S/C24H38N2O4/c1-4-6-11-17(5-2)16-20(24(28)29)23(30-3)19-13-8-7-12-18(19)22(27)21(26)14-9-10-15-25/h7-8,12-13,17,21H,4-6,9-11,14-16,25-26H2,1-3H3,(H,28,29)/t17?,21-/m0/s1. The summed E-state index contributed by atoms with van der Waals surface area (Å²) >= 11 is 0. The minimum atomic E-state index is -1.02. The normalized spacial score (nSPS) is 14.0. The predicted octanol–water partition coefficient (Wildman–Crippen LogP) is 4.37. The summed E-state index contributed by atoms with van der Waals surface area (Å²) in [6, 6.07) is 6.30. The van der Waals surface area contributed by atoms with Gasteiger partial charge in [0.25, 0.3) is 0 Å². The Balaban J connectivity index is 3.32. The molecule has 0 radical (unpaired) electrons. The SMILES string of the molecule is CCCCC(CC)CC(C(=O)O)=C(OC)c1ccccc1C(=O)[C@@H](N)CCCCN. The maximum Gasteiger partial charge on any atom is 0.335 e. The molecule has 0 fully saturated rings. The third-order valence-corrected chi connectivity index (χ3v) is 5.52. The highest BCUT2D eigenvalue weighted by Crippen LogP contribution is 2.30. The lowest BCUT2D eigenvalue weighted by Crippen LogP contribution is -2.31. The second kappa shape index (κ2) is 13.9. The summed E-state index contributed by atoms with van der Waals surface area (Å²) in [5, 5.41) is 9.93. The van der Waals surface area contributed by atoms with Crippen LogP contribution in [-0.2, 0) is 9.53 Å².